The van der Waals surface area contributed by atoms with Gasteiger partial charge in [0.15, 0.2) is 12.4 Å². The molecule has 92 valence electrons. The number of benzene rings is 1. The number of halogens is 3. The number of nitro groups is 1. The van der Waals surface area contributed by atoms with E-state index >= 15 is 0 Å². The van der Waals surface area contributed by atoms with Gasteiger partial charge in [-0.3, -0.25) is 10.1 Å². The van der Waals surface area contributed by atoms with Crippen molar-refractivity contribution in [3.63, 3.8) is 0 Å². The average Bonchev–Trinajstić information content (AvgIpc) is 2.24. The summed E-state index contributed by atoms with van der Waals surface area (Å²) in [6.07, 6.45) is -3.36. The Morgan fingerprint density at radius 3 is 2.59 bits per heavy atom. The van der Waals surface area contributed by atoms with Crippen LogP contribution >= 0.6 is 0 Å². The molecule has 1 aromatic carbocycles. The molecule has 0 N–H and O–H groups in total. The molecule has 0 bridgehead atoms. The number of rotatable bonds is 4. The molecule has 0 aliphatic heterocycles. The Bertz CT molecular complexity index is 443. The van der Waals surface area contributed by atoms with Crippen LogP contribution in [0.3, 0.4) is 0 Å². The summed E-state index contributed by atoms with van der Waals surface area (Å²) in [5, 5.41) is 10.7. The van der Waals surface area contributed by atoms with Gasteiger partial charge in [0, 0.05) is 0 Å². The van der Waals surface area contributed by atoms with E-state index in [1.807, 2.05) is 0 Å². The van der Waals surface area contributed by atoms with Gasteiger partial charge in [0.1, 0.15) is 0 Å². The highest BCUT2D eigenvalue weighted by atomic mass is 19.4. The van der Waals surface area contributed by atoms with Crippen molar-refractivity contribution in [3.05, 3.63) is 40.5 Å². The van der Waals surface area contributed by atoms with E-state index in [4.69, 9.17) is 0 Å². The van der Waals surface area contributed by atoms with Crippen molar-refractivity contribution in [1.29, 1.82) is 0 Å². The minimum atomic E-state index is -4.54. The van der Waals surface area contributed by atoms with Gasteiger partial charge < -0.3 is 4.74 Å². The van der Waals surface area contributed by atoms with Crippen molar-refractivity contribution < 1.29 is 22.8 Å². The van der Waals surface area contributed by atoms with Crippen LogP contribution in [0.15, 0.2) is 24.8 Å². The van der Waals surface area contributed by atoms with E-state index in [0.29, 0.717) is 0 Å². The lowest BCUT2D eigenvalue weighted by Gasteiger charge is -2.10. The van der Waals surface area contributed by atoms with Gasteiger partial charge >= 0.3 is 11.9 Å². The van der Waals surface area contributed by atoms with Crippen LogP contribution in [0.2, 0.25) is 0 Å². The normalized spacial score (nSPS) is 11.0. The monoisotopic (exact) mass is 247 g/mol. The highest BCUT2D eigenvalue weighted by Crippen LogP contribution is 2.32. The molecular formula is C10H8F3NO3. The van der Waals surface area contributed by atoms with Crippen LogP contribution in [0.25, 0.3) is 6.08 Å². The predicted octanol–water partition coefficient (Wildman–Crippen LogP) is 3.18. The minimum absolute atomic E-state index is 0.106. The van der Waals surface area contributed by atoms with Crippen molar-refractivity contribution in [2.45, 2.75) is 6.18 Å². The van der Waals surface area contributed by atoms with E-state index < -0.39 is 29.1 Å². The van der Waals surface area contributed by atoms with Crippen LogP contribution in [0.5, 0.6) is 5.75 Å². The summed E-state index contributed by atoms with van der Waals surface area (Å²) < 4.78 is 40.2. The lowest BCUT2D eigenvalue weighted by atomic mass is 10.1. The van der Waals surface area contributed by atoms with Gasteiger partial charge in [-0.15, -0.1) is 0 Å². The van der Waals surface area contributed by atoms with Crippen LogP contribution in [-0.2, 0) is 0 Å². The van der Waals surface area contributed by atoms with E-state index in [2.05, 4.69) is 11.3 Å². The summed E-state index contributed by atoms with van der Waals surface area (Å²) in [6, 6.07) is 3.83. The van der Waals surface area contributed by atoms with Crippen molar-refractivity contribution in [3.8, 4) is 5.75 Å². The van der Waals surface area contributed by atoms with Gasteiger partial charge in [0.05, 0.1) is 10.5 Å². The number of hydrogen-bond acceptors (Lipinski definition) is 3. The first-order valence-electron chi connectivity index (χ1n) is 4.44. The molecule has 0 aromatic heterocycles. The molecule has 0 saturated carbocycles. The molecule has 0 aliphatic rings. The fourth-order valence-corrected chi connectivity index (χ4v) is 1.18. The third-order valence-corrected chi connectivity index (χ3v) is 1.82. The Kier molecular flexibility index (Phi) is 3.72. The van der Waals surface area contributed by atoms with Crippen LogP contribution in [-0.4, -0.2) is 17.7 Å². The molecule has 1 aromatic rings. The van der Waals surface area contributed by atoms with Gasteiger partial charge in [-0.05, 0) is 12.1 Å². The topological polar surface area (TPSA) is 52.4 Å². The zero-order chi connectivity index (χ0) is 13.1. The van der Waals surface area contributed by atoms with Gasteiger partial charge in [-0.25, -0.2) is 0 Å². The van der Waals surface area contributed by atoms with Crippen LogP contribution in [0.4, 0.5) is 18.9 Å². The summed E-state index contributed by atoms with van der Waals surface area (Å²) in [6.45, 7) is 1.77. The van der Waals surface area contributed by atoms with Gasteiger partial charge in [-0.1, -0.05) is 18.7 Å². The Hall–Kier alpha value is -2.05. The SMILES string of the molecule is C=Cc1cccc(OCC(F)(F)F)c1[N+](=O)[O-]. The van der Waals surface area contributed by atoms with E-state index in [-0.39, 0.29) is 5.56 Å². The molecule has 1 rings (SSSR count). The Morgan fingerprint density at radius 1 is 1.47 bits per heavy atom. The maximum Gasteiger partial charge on any atom is 0.422 e. The quantitative estimate of drug-likeness (QED) is 0.606. The van der Waals surface area contributed by atoms with E-state index in [9.17, 15) is 23.3 Å². The predicted molar refractivity (Wildman–Crippen MR) is 54.7 cm³/mol. The molecule has 0 unspecified atom stereocenters. The summed E-state index contributed by atoms with van der Waals surface area (Å²) in [7, 11) is 0. The van der Waals surface area contributed by atoms with Crippen LogP contribution < -0.4 is 4.74 Å². The lowest BCUT2D eigenvalue weighted by Crippen LogP contribution is -2.19. The van der Waals surface area contributed by atoms with E-state index in [1.54, 1.807) is 0 Å². The third kappa shape index (κ3) is 3.47. The van der Waals surface area contributed by atoms with Crippen molar-refractivity contribution in [2.75, 3.05) is 6.61 Å². The smallest absolute Gasteiger partial charge is 0.422 e. The first-order chi connectivity index (χ1) is 7.85. The fraction of sp³-hybridized carbons (Fsp3) is 0.200. The molecule has 17 heavy (non-hydrogen) atoms. The molecule has 4 nitrogen and oxygen atoms in total. The second-order valence-corrected chi connectivity index (χ2v) is 3.06. The standard InChI is InChI=1S/C10H8F3NO3/c1-2-7-4-3-5-8(9(7)14(15)16)17-6-10(11,12)13/h2-5H,1,6H2. The summed E-state index contributed by atoms with van der Waals surface area (Å²) in [5.74, 6) is -0.426. The summed E-state index contributed by atoms with van der Waals surface area (Å²) in [4.78, 5) is 9.92. The van der Waals surface area contributed by atoms with Crippen LogP contribution in [0.1, 0.15) is 5.56 Å². The number of nitrogens with zero attached hydrogens (tertiary/aromatic N) is 1. The fourth-order valence-electron chi connectivity index (χ4n) is 1.18. The molecule has 7 heteroatoms. The first kappa shape index (κ1) is 13.0. The highest BCUT2D eigenvalue weighted by molar-refractivity contribution is 5.65. The maximum atomic E-state index is 11.9. The molecular weight excluding hydrogens is 239 g/mol. The Balaban J connectivity index is 3.07. The molecule has 0 fully saturated rings. The maximum absolute atomic E-state index is 11.9. The van der Waals surface area contributed by atoms with Gasteiger partial charge in [0.2, 0.25) is 0 Å². The number of hydrogen-bond donors (Lipinski definition) is 0. The summed E-state index contributed by atoms with van der Waals surface area (Å²) in [5.41, 5.74) is -0.415. The second-order valence-electron chi connectivity index (χ2n) is 3.06. The van der Waals surface area contributed by atoms with Crippen molar-refractivity contribution in [2.24, 2.45) is 0 Å². The van der Waals surface area contributed by atoms with Crippen LogP contribution in [0, 0.1) is 10.1 Å². The number of para-hydroxylation sites is 1. The lowest BCUT2D eigenvalue weighted by molar-refractivity contribution is -0.386. The molecule has 0 aliphatic carbocycles. The molecule has 0 saturated heterocycles. The van der Waals surface area contributed by atoms with Gasteiger partial charge in [-0.2, -0.15) is 13.2 Å². The summed E-state index contributed by atoms with van der Waals surface area (Å²) >= 11 is 0. The molecule has 0 radical (unpaired) electrons. The van der Waals surface area contributed by atoms with Crippen molar-refractivity contribution >= 4 is 11.8 Å². The number of nitro benzene ring substituents is 1. The second kappa shape index (κ2) is 4.86. The van der Waals surface area contributed by atoms with Gasteiger partial charge in [0.25, 0.3) is 0 Å². The Labute approximate surface area is 94.5 Å². The van der Waals surface area contributed by atoms with Crippen molar-refractivity contribution in [1.82, 2.24) is 0 Å². The minimum Gasteiger partial charge on any atom is -0.477 e. The molecule has 0 atom stereocenters. The number of alkyl halides is 3. The average molecular weight is 247 g/mol. The highest BCUT2D eigenvalue weighted by Gasteiger charge is 2.30. The first-order valence-corrected chi connectivity index (χ1v) is 4.44. The van der Waals surface area contributed by atoms with E-state index in [0.717, 1.165) is 6.07 Å². The largest absolute Gasteiger partial charge is 0.477 e. The van der Waals surface area contributed by atoms with E-state index in [1.165, 1.54) is 18.2 Å². The zero-order valence-electron chi connectivity index (χ0n) is 8.53. The third-order valence-electron chi connectivity index (χ3n) is 1.82. The zero-order valence-corrected chi connectivity index (χ0v) is 8.53. The number of ether oxygens (including phenoxy) is 1. The Morgan fingerprint density at radius 2 is 2.12 bits per heavy atom. The molecule has 0 spiro atoms. The molecule has 0 heterocycles. The molecule has 0 amide bonds.